The Kier molecular flexibility index (Phi) is 7.10. The van der Waals surface area contributed by atoms with Crippen molar-refractivity contribution in [1.29, 1.82) is 0 Å². The molecule has 1 amide bonds. The van der Waals surface area contributed by atoms with Gasteiger partial charge in [0.25, 0.3) is 0 Å². The van der Waals surface area contributed by atoms with Gasteiger partial charge in [0.1, 0.15) is 18.2 Å². The second-order valence-corrected chi connectivity index (χ2v) is 14.9. The van der Waals surface area contributed by atoms with E-state index in [4.69, 9.17) is 9.16 Å². The summed E-state index contributed by atoms with van der Waals surface area (Å²) in [5.41, 5.74) is 0.0201. The molecule has 0 spiro atoms. The Balaban J connectivity index is 1.70. The van der Waals surface area contributed by atoms with E-state index in [1.807, 2.05) is 30.3 Å². The van der Waals surface area contributed by atoms with Crippen LogP contribution in [-0.4, -0.2) is 21.0 Å². The summed E-state index contributed by atoms with van der Waals surface area (Å²) in [5.74, 6) is -1.14. The Labute approximate surface area is 190 Å². The van der Waals surface area contributed by atoms with Gasteiger partial charge in [-0.2, -0.15) is 0 Å². The summed E-state index contributed by atoms with van der Waals surface area (Å²) in [6, 6.07) is 12.7. The molecule has 4 nitrogen and oxygen atoms in total. The number of nitrogens with one attached hydrogen (secondary N) is 1. The number of hydrogen-bond donors (Lipinski definition) is 1. The molecule has 2 atom stereocenters. The summed E-state index contributed by atoms with van der Waals surface area (Å²) in [7, 11) is -1.92. The first-order valence-corrected chi connectivity index (χ1v) is 13.9. The normalized spacial score (nSPS) is 20.7. The molecule has 174 valence electrons. The molecule has 2 aromatic carbocycles. The van der Waals surface area contributed by atoms with E-state index in [0.29, 0.717) is 19.4 Å². The average Bonchev–Trinajstić information content (AvgIpc) is 3.41. The minimum absolute atomic E-state index is 0.0622. The number of hydrogen-bond acceptors (Lipinski definition) is 3. The van der Waals surface area contributed by atoms with Crippen molar-refractivity contribution in [3.05, 3.63) is 71.3 Å². The highest BCUT2D eigenvalue weighted by Gasteiger charge is 2.58. The van der Waals surface area contributed by atoms with Gasteiger partial charge in [-0.25, -0.2) is 13.6 Å². The van der Waals surface area contributed by atoms with E-state index in [9.17, 15) is 13.6 Å². The molecule has 1 aliphatic carbocycles. The van der Waals surface area contributed by atoms with E-state index in [1.165, 1.54) is 6.07 Å². The van der Waals surface area contributed by atoms with Crippen LogP contribution in [0.2, 0.25) is 18.1 Å². The fourth-order valence-electron chi connectivity index (χ4n) is 3.68. The van der Waals surface area contributed by atoms with Crippen LogP contribution in [0.3, 0.4) is 0 Å². The lowest BCUT2D eigenvalue weighted by atomic mass is 10.0. The van der Waals surface area contributed by atoms with E-state index in [0.717, 1.165) is 17.7 Å². The number of amides is 1. The molecule has 1 fully saturated rings. The molecular formula is C25H33F2NO3Si. The Morgan fingerprint density at radius 1 is 1.16 bits per heavy atom. The lowest BCUT2D eigenvalue weighted by Gasteiger charge is -2.36. The molecule has 0 aromatic heterocycles. The molecule has 0 unspecified atom stereocenters. The Hall–Kier alpha value is -2.25. The third kappa shape index (κ3) is 5.56. The molecule has 32 heavy (non-hydrogen) atoms. The van der Waals surface area contributed by atoms with E-state index < -0.39 is 31.6 Å². The molecule has 0 heterocycles. The summed E-state index contributed by atoms with van der Waals surface area (Å²) in [6.45, 7) is 11.5. The highest BCUT2D eigenvalue weighted by molar-refractivity contribution is 6.74. The monoisotopic (exact) mass is 461 g/mol. The van der Waals surface area contributed by atoms with Crippen LogP contribution in [0, 0.1) is 17.6 Å². The Morgan fingerprint density at radius 3 is 2.50 bits per heavy atom. The van der Waals surface area contributed by atoms with Gasteiger partial charge >= 0.3 is 6.09 Å². The Bertz CT molecular complexity index is 946. The fraction of sp³-hybridized carbons (Fsp3) is 0.480. The highest BCUT2D eigenvalue weighted by Crippen LogP contribution is 2.55. The summed E-state index contributed by atoms with van der Waals surface area (Å²) in [4.78, 5) is 12.6. The summed E-state index contributed by atoms with van der Waals surface area (Å²) < 4.78 is 40.2. The molecule has 3 rings (SSSR count). The van der Waals surface area contributed by atoms with Crippen molar-refractivity contribution in [2.45, 2.75) is 63.9 Å². The smallest absolute Gasteiger partial charge is 0.408 e. The van der Waals surface area contributed by atoms with Crippen LogP contribution in [0.15, 0.2) is 48.5 Å². The predicted octanol–water partition coefficient (Wildman–Crippen LogP) is 6.52. The molecule has 1 aliphatic rings. The van der Waals surface area contributed by atoms with Crippen LogP contribution in [0.4, 0.5) is 13.6 Å². The van der Waals surface area contributed by atoms with Gasteiger partial charge in [0, 0.05) is 12.2 Å². The van der Waals surface area contributed by atoms with Gasteiger partial charge < -0.3 is 14.5 Å². The van der Waals surface area contributed by atoms with Gasteiger partial charge in [0.2, 0.25) is 0 Å². The van der Waals surface area contributed by atoms with Gasteiger partial charge in [0.15, 0.2) is 8.32 Å². The predicted molar refractivity (Wildman–Crippen MR) is 124 cm³/mol. The molecule has 7 heteroatoms. The van der Waals surface area contributed by atoms with Crippen LogP contribution in [0.1, 0.15) is 44.7 Å². The van der Waals surface area contributed by atoms with Crippen molar-refractivity contribution in [2.24, 2.45) is 5.92 Å². The number of rotatable bonds is 8. The second kappa shape index (κ2) is 9.31. The van der Waals surface area contributed by atoms with Crippen molar-refractivity contribution in [2.75, 3.05) is 6.61 Å². The minimum Gasteiger partial charge on any atom is -0.445 e. The summed E-state index contributed by atoms with van der Waals surface area (Å²) >= 11 is 0. The van der Waals surface area contributed by atoms with Gasteiger partial charge in [-0.3, -0.25) is 0 Å². The molecule has 0 saturated heterocycles. The zero-order valence-corrected chi connectivity index (χ0v) is 20.5. The zero-order chi connectivity index (χ0) is 23.6. The first kappa shape index (κ1) is 24.4. The first-order valence-electron chi connectivity index (χ1n) is 11.0. The van der Waals surface area contributed by atoms with Crippen LogP contribution >= 0.6 is 0 Å². The number of alkyl carbamates (subject to hydrolysis) is 1. The second-order valence-electron chi connectivity index (χ2n) is 10.1. The minimum atomic E-state index is -1.92. The Morgan fingerprint density at radius 2 is 1.84 bits per heavy atom. The summed E-state index contributed by atoms with van der Waals surface area (Å²) in [6.07, 6.45) is 0.501. The highest BCUT2D eigenvalue weighted by atomic mass is 28.4. The number of benzene rings is 2. The molecule has 1 saturated carbocycles. The van der Waals surface area contributed by atoms with Crippen LogP contribution < -0.4 is 5.32 Å². The maximum absolute atomic E-state index is 14.7. The number of ether oxygens (including phenoxy) is 1. The van der Waals surface area contributed by atoms with Gasteiger partial charge in [-0.15, -0.1) is 0 Å². The van der Waals surface area contributed by atoms with Crippen LogP contribution in [0.5, 0.6) is 0 Å². The average molecular weight is 462 g/mol. The SMILES string of the molecule is CC(C)(C)[Si](C)(C)OCC[C@@H]1C[C@]1(NC(=O)OCc1ccccc1)c1cc(F)ccc1F. The van der Waals surface area contributed by atoms with Crippen LogP contribution in [0.25, 0.3) is 0 Å². The lowest BCUT2D eigenvalue weighted by molar-refractivity contribution is 0.132. The van der Waals surface area contributed by atoms with Crippen molar-refractivity contribution < 1.29 is 22.7 Å². The van der Waals surface area contributed by atoms with E-state index in [1.54, 1.807) is 0 Å². The number of carbonyl (C=O) groups excluding carboxylic acids is 1. The molecular weight excluding hydrogens is 428 g/mol. The topological polar surface area (TPSA) is 47.6 Å². The third-order valence-corrected chi connectivity index (χ3v) is 11.3. The van der Waals surface area contributed by atoms with E-state index >= 15 is 0 Å². The van der Waals surface area contributed by atoms with Crippen molar-refractivity contribution in [1.82, 2.24) is 5.32 Å². The van der Waals surface area contributed by atoms with E-state index in [2.05, 4.69) is 39.2 Å². The van der Waals surface area contributed by atoms with Crippen molar-refractivity contribution in [3.8, 4) is 0 Å². The molecule has 1 N–H and O–H groups in total. The maximum Gasteiger partial charge on any atom is 0.408 e. The maximum atomic E-state index is 14.7. The number of carbonyl (C=O) groups is 1. The summed E-state index contributed by atoms with van der Waals surface area (Å²) in [5, 5.41) is 2.92. The zero-order valence-electron chi connectivity index (χ0n) is 19.5. The van der Waals surface area contributed by atoms with Gasteiger partial charge in [-0.05, 0) is 60.7 Å². The van der Waals surface area contributed by atoms with Crippen LogP contribution in [-0.2, 0) is 21.3 Å². The molecule has 0 bridgehead atoms. The largest absolute Gasteiger partial charge is 0.445 e. The van der Waals surface area contributed by atoms with Gasteiger partial charge in [-0.1, -0.05) is 51.1 Å². The fourth-order valence-corrected chi connectivity index (χ4v) is 4.74. The number of halogens is 2. The quantitative estimate of drug-likeness (QED) is 0.455. The van der Waals surface area contributed by atoms with Gasteiger partial charge in [0.05, 0.1) is 5.54 Å². The lowest BCUT2D eigenvalue weighted by Crippen LogP contribution is -2.41. The molecule has 0 aliphatic heterocycles. The van der Waals surface area contributed by atoms with Crippen molar-refractivity contribution >= 4 is 14.4 Å². The van der Waals surface area contributed by atoms with Crippen molar-refractivity contribution in [3.63, 3.8) is 0 Å². The first-order chi connectivity index (χ1) is 14.9. The van der Waals surface area contributed by atoms with E-state index in [-0.39, 0.29) is 23.1 Å². The third-order valence-electron chi connectivity index (χ3n) is 6.79. The molecule has 0 radical (unpaired) electrons. The standard InChI is InChI=1S/C25H33F2NO3Si/c1-24(2,3)32(4,5)31-14-13-19-16-25(19,21-15-20(26)11-12-22(21)27)28-23(29)30-17-18-9-7-6-8-10-18/h6-12,15,19H,13-14,16-17H2,1-5H3,(H,28,29)/t19-,25-/m1/s1. The molecule has 2 aromatic rings.